The fourth-order valence-electron chi connectivity index (χ4n) is 2.27. The minimum absolute atomic E-state index is 0.205. The van der Waals surface area contributed by atoms with E-state index < -0.39 is 0 Å². The van der Waals surface area contributed by atoms with Crippen molar-refractivity contribution >= 4 is 35.0 Å². The van der Waals surface area contributed by atoms with Gasteiger partial charge < -0.3 is 5.32 Å². The molecule has 116 valence electrons. The van der Waals surface area contributed by atoms with Gasteiger partial charge in [-0.3, -0.25) is 10.1 Å². The summed E-state index contributed by atoms with van der Waals surface area (Å²) in [7, 11) is 0. The Morgan fingerprint density at radius 3 is 2.71 bits per heavy atom. The Morgan fingerprint density at radius 2 is 2.10 bits per heavy atom. The van der Waals surface area contributed by atoms with Crippen molar-refractivity contribution < 1.29 is 9.59 Å². The Morgan fingerprint density at radius 1 is 1.38 bits per heavy atom. The third-order valence-corrected chi connectivity index (χ3v) is 5.61. The first kappa shape index (κ1) is 16.3. The van der Waals surface area contributed by atoms with Gasteiger partial charge in [0.2, 0.25) is 5.91 Å². The fraction of sp³-hybridized carbons (Fsp3) is 0.643. The summed E-state index contributed by atoms with van der Waals surface area (Å²) in [5.41, 5.74) is 0.949. The van der Waals surface area contributed by atoms with Crippen molar-refractivity contribution in [3.05, 3.63) is 11.1 Å². The molecule has 1 fully saturated rings. The number of rotatable bonds is 4. The van der Waals surface area contributed by atoms with E-state index in [4.69, 9.17) is 0 Å². The molecule has 0 saturated heterocycles. The quantitative estimate of drug-likeness (QED) is 0.834. The lowest BCUT2D eigenvalue weighted by molar-refractivity contribution is -0.119. The molecule has 0 aliphatic heterocycles. The average Bonchev–Trinajstić information content (AvgIpc) is 2.85. The highest BCUT2D eigenvalue weighted by atomic mass is 32.2. The van der Waals surface area contributed by atoms with Crippen molar-refractivity contribution in [1.29, 1.82) is 0 Å². The van der Waals surface area contributed by atoms with Crippen LogP contribution in [0.1, 0.15) is 44.7 Å². The van der Waals surface area contributed by atoms with Crippen LogP contribution < -0.4 is 10.6 Å². The number of carbonyl (C=O) groups excluding carboxylic acids is 2. The molecule has 0 unspecified atom stereocenters. The topological polar surface area (TPSA) is 71.1 Å². The van der Waals surface area contributed by atoms with Crippen LogP contribution in [-0.4, -0.2) is 28.2 Å². The lowest BCUT2D eigenvalue weighted by Gasteiger charge is -2.22. The van der Waals surface area contributed by atoms with Crippen molar-refractivity contribution in [3.63, 3.8) is 0 Å². The number of nitrogens with zero attached hydrogens (tertiary/aromatic N) is 1. The van der Waals surface area contributed by atoms with E-state index in [0.717, 1.165) is 35.7 Å². The number of amides is 3. The van der Waals surface area contributed by atoms with E-state index in [1.165, 1.54) is 29.5 Å². The smallest absolute Gasteiger partial charge is 0.321 e. The summed E-state index contributed by atoms with van der Waals surface area (Å²) in [6.07, 6.45) is 5.54. The number of imide groups is 1. The first-order valence-corrected chi connectivity index (χ1v) is 9.00. The molecule has 1 heterocycles. The summed E-state index contributed by atoms with van der Waals surface area (Å²) >= 11 is 2.89. The molecule has 2 N–H and O–H groups in total. The van der Waals surface area contributed by atoms with E-state index in [1.54, 1.807) is 6.92 Å². The maximum absolute atomic E-state index is 12.0. The summed E-state index contributed by atoms with van der Waals surface area (Å²) in [6.45, 7) is 3.70. The first-order chi connectivity index (χ1) is 10.0. The van der Waals surface area contributed by atoms with Gasteiger partial charge in [0.05, 0.1) is 5.25 Å². The Bertz CT molecular complexity index is 498. The van der Waals surface area contributed by atoms with Crippen LogP contribution in [0.2, 0.25) is 0 Å². The van der Waals surface area contributed by atoms with Gasteiger partial charge in [0.15, 0.2) is 4.34 Å². The standard InChI is InChI=1S/C14H21N3O2S2/c1-9-8-20-14(15-9)21-10(2)12(18)17-13(19)16-11-6-4-3-5-7-11/h8,10-11H,3-7H2,1-2H3,(H2,16,17,18,19)/t10-/m1/s1. The number of aryl methyl sites for hydroxylation is 1. The summed E-state index contributed by atoms with van der Waals surface area (Å²) in [4.78, 5) is 28.1. The molecule has 5 nitrogen and oxygen atoms in total. The van der Waals surface area contributed by atoms with Crippen molar-refractivity contribution in [3.8, 4) is 0 Å². The summed E-state index contributed by atoms with van der Waals surface area (Å²) in [6, 6.07) is -0.175. The van der Waals surface area contributed by atoms with Gasteiger partial charge in [-0.1, -0.05) is 31.0 Å². The molecule has 21 heavy (non-hydrogen) atoms. The maximum atomic E-state index is 12.0. The first-order valence-electron chi connectivity index (χ1n) is 7.24. The van der Waals surface area contributed by atoms with Crippen LogP contribution in [0.4, 0.5) is 4.79 Å². The largest absolute Gasteiger partial charge is 0.335 e. The molecule has 2 rings (SSSR count). The lowest BCUT2D eigenvalue weighted by Crippen LogP contribution is -2.47. The molecule has 0 spiro atoms. The fourth-order valence-corrected chi connectivity index (χ4v) is 4.26. The van der Waals surface area contributed by atoms with Crippen LogP contribution in [0.25, 0.3) is 0 Å². The van der Waals surface area contributed by atoms with E-state index >= 15 is 0 Å². The van der Waals surface area contributed by atoms with E-state index in [9.17, 15) is 9.59 Å². The molecule has 1 saturated carbocycles. The normalized spacial score (nSPS) is 17.2. The van der Waals surface area contributed by atoms with Crippen LogP contribution in [-0.2, 0) is 4.79 Å². The van der Waals surface area contributed by atoms with Crippen molar-refractivity contribution in [2.75, 3.05) is 0 Å². The van der Waals surface area contributed by atoms with Crippen LogP contribution in [0.3, 0.4) is 0 Å². The van der Waals surface area contributed by atoms with Crippen LogP contribution in [0, 0.1) is 6.92 Å². The predicted molar refractivity (Wildman–Crippen MR) is 85.7 cm³/mol. The molecule has 1 aliphatic rings. The van der Waals surface area contributed by atoms with Crippen LogP contribution in [0.15, 0.2) is 9.72 Å². The van der Waals surface area contributed by atoms with Crippen LogP contribution >= 0.6 is 23.1 Å². The number of aromatic nitrogens is 1. The number of nitrogens with one attached hydrogen (secondary N) is 2. The highest BCUT2D eigenvalue weighted by Crippen LogP contribution is 2.26. The van der Waals surface area contributed by atoms with Gasteiger partial charge in [0.1, 0.15) is 0 Å². The summed E-state index contributed by atoms with van der Waals surface area (Å²) in [5, 5.41) is 6.91. The van der Waals surface area contributed by atoms with Gasteiger partial charge in [0.25, 0.3) is 0 Å². The third-order valence-electron chi connectivity index (χ3n) is 3.42. The second-order valence-corrected chi connectivity index (χ2v) is 7.76. The number of urea groups is 1. The molecule has 1 aromatic rings. The minimum Gasteiger partial charge on any atom is -0.335 e. The summed E-state index contributed by atoms with van der Waals surface area (Å²) in [5.74, 6) is -0.277. The van der Waals surface area contributed by atoms with Gasteiger partial charge >= 0.3 is 6.03 Å². The Hall–Kier alpha value is -1.08. The molecule has 1 atom stereocenters. The average molecular weight is 327 g/mol. The van der Waals surface area contributed by atoms with Gasteiger partial charge in [0, 0.05) is 17.1 Å². The predicted octanol–water partition coefficient (Wildman–Crippen LogP) is 3.09. The number of hydrogen-bond donors (Lipinski definition) is 2. The number of hydrogen-bond acceptors (Lipinski definition) is 5. The highest BCUT2D eigenvalue weighted by Gasteiger charge is 2.21. The van der Waals surface area contributed by atoms with Gasteiger partial charge in [-0.25, -0.2) is 9.78 Å². The van der Waals surface area contributed by atoms with E-state index in [0.29, 0.717) is 0 Å². The molecule has 0 aromatic carbocycles. The number of thioether (sulfide) groups is 1. The number of thiazole rings is 1. The Kier molecular flexibility index (Phi) is 6.05. The monoisotopic (exact) mass is 327 g/mol. The molecule has 0 bridgehead atoms. The highest BCUT2D eigenvalue weighted by molar-refractivity contribution is 8.02. The zero-order chi connectivity index (χ0) is 15.2. The van der Waals surface area contributed by atoms with Crippen LogP contribution in [0.5, 0.6) is 0 Å². The van der Waals surface area contributed by atoms with E-state index in [2.05, 4.69) is 15.6 Å². The molecule has 1 aliphatic carbocycles. The summed E-state index contributed by atoms with van der Waals surface area (Å²) < 4.78 is 0.850. The molecule has 0 radical (unpaired) electrons. The number of carbonyl (C=O) groups is 2. The van der Waals surface area contributed by atoms with Gasteiger partial charge in [-0.2, -0.15) is 0 Å². The second kappa shape index (κ2) is 7.79. The van der Waals surface area contributed by atoms with Gasteiger partial charge in [-0.05, 0) is 26.7 Å². The van der Waals surface area contributed by atoms with E-state index in [-0.39, 0.29) is 23.2 Å². The third kappa shape index (κ3) is 5.32. The minimum atomic E-state index is -0.380. The lowest BCUT2D eigenvalue weighted by atomic mass is 9.96. The van der Waals surface area contributed by atoms with Gasteiger partial charge in [-0.15, -0.1) is 11.3 Å². The molecular weight excluding hydrogens is 306 g/mol. The van der Waals surface area contributed by atoms with E-state index in [1.807, 2.05) is 12.3 Å². The zero-order valence-electron chi connectivity index (χ0n) is 12.3. The second-order valence-electron chi connectivity index (χ2n) is 5.31. The molecule has 1 aromatic heterocycles. The van der Waals surface area contributed by atoms with Crippen molar-refractivity contribution in [2.45, 2.75) is 61.6 Å². The molecule has 3 amide bonds. The SMILES string of the molecule is Cc1csc(S[C@H](C)C(=O)NC(=O)NC2CCCCC2)n1. The molecule has 7 heteroatoms. The maximum Gasteiger partial charge on any atom is 0.321 e. The molecular formula is C14H21N3O2S2. The van der Waals surface area contributed by atoms with Crippen molar-refractivity contribution in [1.82, 2.24) is 15.6 Å². The zero-order valence-corrected chi connectivity index (χ0v) is 14.0. The Labute approximate surface area is 133 Å². The van der Waals surface area contributed by atoms with Crippen molar-refractivity contribution in [2.24, 2.45) is 0 Å². The Balaban J connectivity index is 1.75.